The number of methoxy groups -OCH3 is 1. The molecule has 0 amide bonds. The molecule has 0 spiro atoms. The van der Waals surface area contributed by atoms with Crippen LogP contribution in [0.3, 0.4) is 0 Å². The Hall–Kier alpha value is -1.12. The molecule has 1 unspecified atom stereocenters. The summed E-state index contributed by atoms with van der Waals surface area (Å²) in [4.78, 5) is 0. The summed E-state index contributed by atoms with van der Waals surface area (Å²) in [5, 5.41) is 0. The molecule has 1 rings (SSSR count). The van der Waals surface area contributed by atoms with E-state index in [-0.39, 0.29) is 0 Å². The third-order valence-electron chi connectivity index (χ3n) is 4.73. The number of hydrogen-bond acceptors (Lipinski definition) is 2. The minimum atomic E-state index is -0.396. The number of aryl methyl sites for hydroxylation is 1. The molecule has 0 aliphatic heterocycles. The van der Waals surface area contributed by atoms with Gasteiger partial charge >= 0.3 is 0 Å². The topological polar surface area (TPSA) is 18.5 Å². The molecule has 24 heavy (non-hydrogen) atoms. The Bertz CT molecular complexity index is 455. The molecule has 0 aromatic heterocycles. The molecular formula is C22H36O2. The highest BCUT2D eigenvalue weighted by atomic mass is 16.5. The van der Waals surface area contributed by atoms with Crippen LogP contribution in [-0.2, 0) is 15.1 Å². The van der Waals surface area contributed by atoms with Crippen molar-refractivity contribution in [3.8, 4) is 0 Å². The second kappa shape index (κ2) is 12.3. The van der Waals surface area contributed by atoms with Crippen molar-refractivity contribution in [2.24, 2.45) is 0 Å². The van der Waals surface area contributed by atoms with Gasteiger partial charge in [0.2, 0.25) is 0 Å². The quantitative estimate of drug-likeness (QED) is 0.299. The predicted molar refractivity (Wildman–Crippen MR) is 103 cm³/mol. The number of hydrogen-bond donors (Lipinski definition) is 0. The van der Waals surface area contributed by atoms with Crippen LogP contribution in [0.15, 0.2) is 36.9 Å². The molecule has 2 heteroatoms. The zero-order valence-corrected chi connectivity index (χ0v) is 16.0. The van der Waals surface area contributed by atoms with Gasteiger partial charge in [-0.15, -0.1) is 0 Å². The molecule has 0 heterocycles. The standard InChI is InChI=1S/C22H36O2/c1-5-7-8-9-10-11-14-17-22(6-2,24-19-18-23-4)21-16-13-12-15-20(21)3/h6,12-13,15-16H,2,5,7-11,14,17-19H2,1,3-4H3. The van der Waals surface area contributed by atoms with E-state index >= 15 is 0 Å². The lowest BCUT2D eigenvalue weighted by molar-refractivity contribution is -0.0419. The van der Waals surface area contributed by atoms with Crippen LogP contribution in [-0.4, -0.2) is 20.3 Å². The molecule has 1 aromatic carbocycles. The first kappa shape index (κ1) is 20.9. The summed E-state index contributed by atoms with van der Waals surface area (Å²) in [5.41, 5.74) is 2.10. The third kappa shape index (κ3) is 6.78. The zero-order chi connectivity index (χ0) is 17.7. The van der Waals surface area contributed by atoms with Gasteiger partial charge in [0.05, 0.1) is 13.2 Å². The summed E-state index contributed by atoms with van der Waals surface area (Å²) in [6, 6.07) is 8.49. The Kier molecular flexibility index (Phi) is 10.7. The Morgan fingerprint density at radius 3 is 2.29 bits per heavy atom. The minimum Gasteiger partial charge on any atom is -0.382 e. The van der Waals surface area contributed by atoms with E-state index < -0.39 is 5.60 Å². The van der Waals surface area contributed by atoms with Crippen molar-refractivity contribution in [3.63, 3.8) is 0 Å². The monoisotopic (exact) mass is 332 g/mol. The lowest BCUT2D eigenvalue weighted by atomic mass is 9.85. The van der Waals surface area contributed by atoms with Crippen molar-refractivity contribution in [2.45, 2.75) is 70.8 Å². The van der Waals surface area contributed by atoms with Crippen molar-refractivity contribution in [1.82, 2.24) is 0 Å². The van der Waals surface area contributed by atoms with Gasteiger partial charge in [0.25, 0.3) is 0 Å². The maximum absolute atomic E-state index is 6.29. The van der Waals surface area contributed by atoms with E-state index in [1.54, 1.807) is 7.11 Å². The normalized spacial score (nSPS) is 13.6. The molecular weight excluding hydrogens is 296 g/mol. The maximum Gasteiger partial charge on any atom is 0.111 e. The highest BCUT2D eigenvalue weighted by molar-refractivity contribution is 5.34. The summed E-state index contributed by atoms with van der Waals surface area (Å²) in [7, 11) is 1.71. The van der Waals surface area contributed by atoms with Gasteiger partial charge in [0.1, 0.15) is 5.60 Å². The Morgan fingerprint density at radius 2 is 1.67 bits per heavy atom. The molecule has 0 saturated carbocycles. The first-order valence-corrected chi connectivity index (χ1v) is 9.52. The van der Waals surface area contributed by atoms with E-state index in [9.17, 15) is 0 Å². The minimum absolute atomic E-state index is 0.396. The summed E-state index contributed by atoms with van der Waals surface area (Å²) in [6.07, 6.45) is 12.1. The molecule has 1 aromatic rings. The highest BCUT2D eigenvalue weighted by Crippen LogP contribution is 2.35. The SMILES string of the molecule is C=CC(CCCCCCCCC)(OCCOC)c1ccccc1C. The number of rotatable bonds is 14. The van der Waals surface area contributed by atoms with E-state index in [2.05, 4.69) is 44.7 Å². The molecule has 0 bridgehead atoms. The molecule has 0 N–H and O–H groups in total. The van der Waals surface area contributed by atoms with Gasteiger partial charge < -0.3 is 9.47 Å². The van der Waals surface area contributed by atoms with Crippen molar-refractivity contribution >= 4 is 0 Å². The molecule has 0 radical (unpaired) electrons. The summed E-state index contributed by atoms with van der Waals surface area (Å²) in [5.74, 6) is 0. The predicted octanol–water partition coefficient (Wildman–Crippen LogP) is 6.18. The van der Waals surface area contributed by atoms with E-state index in [0.717, 1.165) is 6.42 Å². The Morgan fingerprint density at radius 1 is 1.00 bits per heavy atom. The van der Waals surface area contributed by atoms with Crippen LogP contribution in [0.4, 0.5) is 0 Å². The Labute approximate surface area is 149 Å². The highest BCUT2D eigenvalue weighted by Gasteiger charge is 2.30. The largest absolute Gasteiger partial charge is 0.382 e. The smallest absolute Gasteiger partial charge is 0.111 e. The molecule has 1 atom stereocenters. The van der Waals surface area contributed by atoms with Gasteiger partial charge in [-0.2, -0.15) is 0 Å². The van der Waals surface area contributed by atoms with Gasteiger partial charge in [-0.1, -0.05) is 82.4 Å². The van der Waals surface area contributed by atoms with Gasteiger partial charge in [-0.05, 0) is 30.9 Å². The first-order valence-electron chi connectivity index (χ1n) is 9.52. The lowest BCUT2D eigenvalue weighted by Crippen LogP contribution is -2.30. The average molecular weight is 333 g/mol. The van der Waals surface area contributed by atoms with Crippen LogP contribution in [0.25, 0.3) is 0 Å². The molecule has 0 aliphatic rings. The summed E-state index contributed by atoms with van der Waals surface area (Å²) < 4.78 is 11.5. The van der Waals surface area contributed by atoms with Gasteiger partial charge in [-0.3, -0.25) is 0 Å². The van der Waals surface area contributed by atoms with Crippen LogP contribution < -0.4 is 0 Å². The molecule has 0 fully saturated rings. The van der Waals surface area contributed by atoms with Crippen LogP contribution in [0.2, 0.25) is 0 Å². The number of benzene rings is 1. The van der Waals surface area contributed by atoms with Crippen molar-refractivity contribution in [1.29, 1.82) is 0 Å². The van der Waals surface area contributed by atoms with Gasteiger partial charge in [0, 0.05) is 7.11 Å². The summed E-state index contributed by atoms with van der Waals surface area (Å²) in [6.45, 7) is 9.72. The Balaban J connectivity index is 2.67. The fourth-order valence-electron chi connectivity index (χ4n) is 3.26. The van der Waals surface area contributed by atoms with Gasteiger partial charge in [-0.25, -0.2) is 0 Å². The average Bonchev–Trinajstić information content (AvgIpc) is 2.60. The van der Waals surface area contributed by atoms with E-state index in [1.165, 1.54) is 56.1 Å². The second-order valence-corrected chi connectivity index (χ2v) is 6.62. The first-order chi connectivity index (χ1) is 11.7. The van der Waals surface area contributed by atoms with Crippen molar-refractivity contribution < 1.29 is 9.47 Å². The second-order valence-electron chi connectivity index (χ2n) is 6.62. The number of ether oxygens (including phenoxy) is 2. The van der Waals surface area contributed by atoms with E-state index in [0.29, 0.717) is 13.2 Å². The maximum atomic E-state index is 6.29. The molecule has 2 nitrogen and oxygen atoms in total. The van der Waals surface area contributed by atoms with Crippen LogP contribution in [0.5, 0.6) is 0 Å². The fraction of sp³-hybridized carbons (Fsp3) is 0.636. The van der Waals surface area contributed by atoms with E-state index in [4.69, 9.17) is 9.47 Å². The lowest BCUT2D eigenvalue weighted by Gasteiger charge is -2.33. The van der Waals surface area contributed by atoms with Gasteiger partial charge in [0.15, 0.2) is 0 Å². The van der Waals surface area contributed by atoms with Crippen LogP contribution in [0.1, 0.15) is 69.4 Å². The molecule has 136 valence electrons. The van der Waals surface area contributed by atoms with Crippen molar-refractivity contribution in [3.05, 3.63) is 48.0 Å². The molecule has 0 saturated heterocycles. The van der Waals surface area contributed by atoms with E-state index in [1.807, 2.05) is 6.08 Å². The van der Waals surface area contributed by atoms with Crippen LogP contribution >= 0.6 is 0 Å². The third-order valence-corrected chi connectivity index (χ3v) is 4.73. The number of unbranched alkanes of at least 4 members (excludes halogenated alkanes) is 6. The molecule has 0 aliphatic carbocycles. The van der Waals surface area contributed by atoms with Crippen LogP contribution in [0, 0.1) is 6.92 Å². The summed E-state index contributed by atoms with van der Waals surface area (Å²) >= 11 is 0. The zero-order valence-electron chi connectivity index (χ0n) is 16.0. The fourth-order valence-corrected chi connectivity index (χ4v) is 3.26. The van der Waals surface area contributed by atoms with Crippen molar-refractivity contribution in [2.75, 3.05) is 20.3 Å².